The highest BCUT2D eigenvalue weighted by molar-refractivity contribution is 7.99. The topological polar surface area (TPSA) is 30.5 Å². The van der Waals surface area contributed by atoms with Gasteiger partial charge in [0.05, 0.1) is 19.5 Å². The number of ether oxygens (including phenoxy) is 2. The molecule has 0 saturated carbocycles. The van der Waals surface area contributed by atoms with Crippen LogP contribution in [-0.4, -0.2) is 31.8 Å². The van der Waals surface area contributed by atoms with Crippen LogP contribution in [0.5, 0.6) is 11.5 Å². The van der Waals surface area contributed by atoms with E-state index in [1.165, 1.54) is 5.56 Å². The fraction of sp³-hybridized carbons (Fsp3) is 0.467. The summed E-state index contributed by atoms with van der Waals surface area (Å²) in [6.45, 7) is 1.71. The summed E-state index contributed by atoms with van der Waals surface area (Å²) in [5.74, 6) is 6.27. The highest BCUT2D eigenvalue weighted by Crippen LogP contribution is 2.34. The Hall–Kier alpha value is -1.31. The lowest BCUT2D eigenvalue weighted by atomic mass is 10.0. The smallest absolute Gasteiger partial charge is 0.124 e. The van der Waals surface area contributed by atoms with Crippen LogP contribution in [0.2, 0.25) is 0 Å². The van der Waals surface area contributed by atoms with Gasteiger partial charge in [-0.25, -0.2) is 0 Å². The summed E-state index contributed by atoms with van der Waals surface area (Å²) in [5, 5.41) is 3.56. The summed E-state index contributed by atoms with van der Waals surface area (Å²) in [7, 11) is 1.68. The molecule has 0 bridgehead atoms. The molecular weight excluding hydrogens is 258 g/mol. The number of fused-ring (bicyclic) bond motifs is 1. The third-order valence-electron chi connectivity index (χ3n) is 3.08. The van der Waals surface area contributed by atoms with Gasteiger partial charge in [0.25, 0.3) is 0 Å². The molecular formula is C15H19NO2S. The zero-order chi connectivity index (χ0) is 13.5. The number of methoxy groups -OCH3 is 1. The molecule has 2 rings (SSSR count). The Labute approximate surface area is 119 Å². The van der Waals surface area contributed by atoms with Gasteiger partial charge in [-0.2, -0.15) is 0 Å². The maximum atomic E-state index is 5.67. The average Bonchev–Trinajstić information content (AvgIpc) is 2.46. The predicted molar refractivity (Wildman–Crippen MR) is 80.0 cm³/mol. The molecule has 0 radical (unpaired) electrons. The normalized spacial score (nSPS) is 17.2. The van der Waals surface area contributed by atoms with Gasteiger partial charge in [0, 0.05) is 30.3 Å². The van der Waals surface area contributed by atoms with Gasteiger partial charge < -0.3 is 14.8 Å². The first kappa shape index (κ1) is 14.1. The molecule has 1 aromatic rings. The van der Waals surface area contributed by atoms with Gasteiger partial charge in [0.1, 0.15) is 11.5 Å². The van der Waals surface area contributed by atoms with E-state index in [0.717, 1.165) is 42.6 Å². The van der Waals surface area contributed by atoms with E-state index >= 15 is 0 Å². The average molecular weight is 277 g/mol. The highest BCUT2D eigenvalue weighted by atomic mass is 32.2. The lowest BCUT2D eigenvalue weighted by molar-refractivity contribution is 0.253. The van der Waals surface area contributed by atoms with E-state index in [1.807, 2.05) is 12.1 Å². The van der Waals surface area contributed by atoms with Gasteiger partial charge in [-0.15, -0.1) is 18.2 Å². The van der Waals surface area contributed by atoms with E-state index in [4.69, 9.17) is 15.9 Å². The number of thioether (sulfide) groups is 1. The molecule has 0 aliphatic carbocycles. The minimum atomic E-state index is 0.338. The number of rotatable bonds is 6. The van der Waals surface area contributed by atoms with E-state index < -0.39 is 0 Å². The standard InChI is InChI=1S/C15H19NO2S/c1-3-9-19-10-7-16-14-6-8-18-15-5-4-12(17-2)11-13(14)15/h1,4-5,11,14,16H,6-10H2,2H3. The Morgan fingerprint density at radius 1 is 1.58 bits per heavy atom. The van der Waals surface area contributed by atoms with Crippen LogP contribution < -0.4 is 14.8 Å². The van der Waals surface area contributed by atoms with Crippen LogP contribution in [0.4, 0.5) is 0 Å². The van der Waals surface area contributed by atoms with Crippen molar-refractivity contribution in [2.75, 3.05) is 31.8 Å². The van der Waals surface area contributed by atoms with E-state index in [9.17, 15) is 0 Å². The maximum Gasteiger partial charge on any atom is 0.124 e. The maximum absolute atomic E-state index is 5.67. The second-order valence-corrected chi connectivity index (χ2v) is 5.41. The minimum absolute atomic E-state index is 0.338. The van der Waals surface area contributed by atoms with Crippen molar-refractivity contribution < 1.29 is 9.47 Å². The Balaban J connectivity index is 1.95. The van der Waals surface area contributed by atoms with Gasteiger partial charge in [-0.05, 0) is 18.2 Å². The van der Waals surface area contributed by atoms with Gasteiger partial charge in [-0.1, -0.05) is 5.92 Å². The quantitative estimate of drug-likeness (QED) is 0.639. The Bertz CT molecular complexity index is 456. The highest BCUT2D eigenvalue weighted by Gasteiger charge is 2.21. The first-order valence-corrected chi connectivity index (χ1v) is 7.56. The summed E-state index contributed by atoms with van der Waals surface area (Å²) >= 11 is 1.78. The van der Waals surface area contributed by atoms with Crippen LogP contribution in [-0.2, 0) is 0 Å². The molecule has 1 unspecified atom stereocenters. The Kier molecular flexibility index (Phi) is 5.44. The zero-order valence-electron chi connectivity index (χ0n) is 11.1. The fourth-order valence-electron chi connectivity index (χ4n) is 2.15. The van der Waals surface area contributed by atoms with Crippen molar-refractivity contribution in [3.05, 3.63) is 23.8 Å². The van der Waals surface area contributed by atoms with Gasteiger partial charge in [-0.3, -0.25) is 0 Å². The van der Waals surface area contributed by atoms with E-state index in [2.05, 4.69) is 17.3 Å². The SMILES string of the molecule is C#CCSCCNC1CCOc2ccc(OC)cc21. The molecule has 1 aromatic carbocycles. The Morgan fingerprint density at radius 3 is 3.26 bits per heavy atom. The van der Waals surface area contributed by atoms with Crippen LogP contribution in [0.25, 0.3) is 0 Å². The molecule has 19 heavy (non-hydrogen) atoms. The van der Waals surface area contributed by atoms with Crippen molar-refractivity contribution >= 4 is 11.8 Å². The molecule has 1 aliphatic rings. The molecule has 0 saturated heterocycles. The second kappa shape index (κ2) is 7.32. The first-order valence-electron chi connectivity index (χ1n) is 6.40. The van der Waals surface area contributed by atoms with Gasteiger partial charge >= 0.3 is 0 Å². The number of hydrogen-bond donors (Lipinski definition) is 1. The molecule has 102 valence electrons. The van der Waals surface area contributed by atoms with E-state index in [1.54, 1.807) is 18.9 Å². The molecule has 0 fully saturated rings. The number of nitrogens with one attached hydrogen (secondary N) is 1. The molecule has 1 atom stereocenters. The van der Waals surface area contributed by atoms with Crippen molar-refractivity contribution in [3.63, 3.8) is 0 Å². The zero-order valence-corrected chi connectivity index (χ0v) is 12.0. The molecule has 1 heterocycles. The predicted octanol–water partition coefficient (Wildman–Crippen LogP) is 2.47. The van der Waals surface area contributed by atoms with Crippen molar-refractivity contribution in [3.8, 4) is 23.8 Å². The van der Waals surface area contributed by atoms with Gasteiger partial charge in [0.15, 0.2) is 0 Å². The summed E-state index contributed by atoms with van der Waals surface area (Å²) in [4.78, 5) is 0. The number of hydrogen-bond acceptors (Lipinski definition) is 4. The summed E-state index contributed by atoms with van der Waals surface area (Å²) in [6.07, 6.45) is 6.21. The largest absolute Gasteiger partial charge is 0.497 e. The summed E-state index contributed by atoms with van der Waals surface area (Å²) < 4.78 is 10.9. The van der Waals surface area contributed by atoms with Crippen LogP contribution in [0.1, 0.15) is 18.0 Å². The third-order valence-corrected chi connectivity index (χ3v) is 3.94. The molecule has 0 spiro atoms. The molecule has 0 aromatic heterocycles. The fourth-order valence-corrected chi connectivity index (χ4v) is 2.67. The third kappa shape index (κ3) is 3.82. The van der Waals surface area contributed by atoms with Crippen LogP contribution >= 0.6 is 11.8 Å². The van der Waals surface area contributed by atoms with Crippen molar-refractivity contribution in [2.45, 2.75) is 12.5 Å². The number of terminal acetylenes is 1. The van der Waals surface area contributed by atoms with Crippen LogP contribution in [0, 0.1) is 12.3 Å². The Morgan fingerprint density at radius 2 is 2.47 bits per heavy atom. The van der Waals surface area contributed by atoms with E-state index in [0.29, 0.717) is 6.04 Å². The monoisotopic (exact) mass is 277 g/mol. The van der Waals surface area contributed by atoms with Crippen LogP contribution in [0.15, 0.2) is 18.2 Å². The first-order chi connectivity index (χ1) is 9.35. The molecule has 1 N–H and O–H groups in total. The minimum Gasteiger partial charge on any atom is -0.497 e. The van der Waals surface area contributed by atoms with Crippen molar-refractivity contribution in [1.82, 2.24) is 5.32 Å². The lowest BCUT2D eigenvalue weighted by Gasteiger charge is -2.27. The lowest BCUT2D eigenvalue weighted by Crippen LogP contribution is -2.28. The number of benzene rings is 1. The van der Waals surface area contributed by atoms with Crippen molar-refractivity contribution in [2.24, 2.45) is 0 Å². The summed E-state index contributed by atoms with van der Waals surface area (Å²) in [6, 6.07) is 6.31. The molecule has 3 nitrogen and oxygen atoms in total. The molecule has 0 amide bonds. The second-order valence-electron chi connectivity index (χ2n) is 4.30. The van der Waals surface area contributed by atoms with Crippen LogP contribution in [0.3, 0.4) is 0 Å². The van der Waals surface area contributed by atoms with Gasteiger partial charge in [0.2, 0.25) is 0 Å². The van der Waals surface area contributed by atoms with E-state index in [-0.39, 0.29) is 0 Å². The molecule has 1 aliphatic heterocycles. The summed E-state index contributed by atoms with van der Waals surface area (Å²) in [5.41, 5.74) is 1.19. The van der Waals surface area contributed by atoms with Crippen molar-refractivity contribution in [1.29, 1.82) is 0 Å². The molecule has 4 heteroatoms.